The van der Waals surface area contributed by atoms with E-state index >= 15 is 0 Å². The molecule has 56 heavy (non-hydrogen) atoms. The fourth-order valence-corrected chi connectivity index (χ4v) is 10.1. The maximum atomic E-state index is 2.53. The number of nitrogens with zero attached hydrogens (tertiary/aromatic N) is 2. The second kappa shape index (κ2) is 11.9. The van der Waals surface area contributed by atoms with Gasteiger partial charge in [-0.05, 0) is 87.0 Å². The SMILES string of the molecule is CC1(C)c2ccccc2-c2c(N(c3ccc(-c4ccccc4)cc3)c3cccc4c3c3ccccc3n4-c3cccc4c3-c3ccccc3C4(C)C)cccc21. The van der Waals surface area contributed by atoms with Crippen molar-refractivity contribution in [1.29, 1.82) is 0 Å². The van der Waals surface area contributed by atoms with Crippen molar-refractivity contribution in [3.05, 3.63) is 204 Å². The molecule has 2 aliphatic carbocycles. The molecule has 0 fully saturated rings. The van der Waals surface area contributed by atoms with E-state index in [4.69, 9.17) is 0 Å². The quantitative estimate of drug-likeness (QED) is 0.172. The van der Waals surface area contributed by atoms with E-state index < -0.39 is 0 Å². The summed E-state index contributed by atoms with van der Waals surface area (Å²) in [5.74, 6) is 0. The summed E-state index contributed by atoms with van der Waals surface area (Å²) in [6.45, 7) is 9.47. The fraction of sp³-hybridized carbons (Fsp3) is 0.111. The van der Waals surface area contributed by atoms with Gasteiger partial charge in [-0.15, -0.1) is 0 Å². The van der Waals surface area contributed by atoms with E-state index in [2.05, 4.69) is 219 Å². The minimum atomic E-state index is -0.120. The molecule has 0 saturated heterocycles. The molecule has 0 N–H and O–H groups in total. The molecule has 2 aliphatic rings. The average molecular weight is 719 g/mol. The first-order valence-electron chi connectivity index (χ1n) is 19.8. The van der Waals surface area contributed by atoms with E-state index in [0.29, 0.717) is 0 Å². The number of hydrogen-bond donors (Lipinski definition) is 0. The van der Waals surface area contributed by atoms with Crippen LogP contribution in [0.2, 0.25) is 0 Å². The monoisotopic (exact) mass is 718 g/mol. The van der Waals surface area contributed by atoms with E-state index in [1.807, 2.05) is 0 Å². The highest BCUT2D eigenvalue weighted by Crippen LogP contribution is 2.56. The Morgan fingerprint density at radius 1 is 0.393 bits per heavy atom. The summed E-state index contributed by atoms with van der Waals surface area (Å²) in [6.07, 6.45) is 0. The highest BCUT2D eigenvalue weighted by atomic mass is 15.2. The van der Waals surface area contributed by atoms with E-state index in [9.17, 15) is 0 Å². The lowest BCUT2D eigenvalue weighted by atomic mass is 9.82. The molecule has 0 bridgehead atoms. The largest absolute Gasteiger partial charge is 0.309 e. The Bertz CT molecular complexity index is 3020. The first-order valence-corrected chi connectivity index (χ1v) is 19.8. The summed E-state index contributed by atoms with van der Waals surface area (Å²) in [5.41, 5.74) is 20.1. The van der Waals surface area contributed by atoms with Crippen molar-refractivity contribution >= 4 is 38.9 Å². The fourth-order valence-electron chi connectivity index (χ4n) is 10.1. The molecule has 11 rings (SSSR count). The van der Waals surface area contributed by atoms with E-state index in [1.54, 1.807) is 0 Å². The van der Waals surface area contributed by atoms with E-state index in [0.717, 1.165) is 11.4 Å². The predicted octanol–water partition coefficient (Wildman–Crippen LogP) is 14.5. The van der Waals surface area contributed by atoms with Crippen LogP contribution in [0, 0.1) is 0 Å². The minimum absolute atomic E-state index is 0.0909. The van der Waals surface area contributed by atoms with Gasteiger partial charge in [0.1, 0.15) is 0 Å². The molecule has 1 aromatic heterocycles. The van der Waals surface area contributed by atoms with E-state index in [1.165, 1.54) is 88.8 Å². The van der Waals surface area contributed by atoms with Crippen molar-refractivity contribution in [1.82, 2.24) is 4.57 Å². The van der Waals surface area contributed by atoms with Gasteiger partial charge in [0, 0.05) is 38.4 Å². The number of aromatic nitrogens is 1. The molecule has 268 valence electrons. The van der Waals surface area contributed by atoms with Crippen molar-refractivity contribution in [2.45, 2.75) is 38.5 Å². The van der Waals surface area contributed by atoms with Gasteiger partial charge in [0.05, 0.1) is 28.1 Å². The molecule has 0 aliphatic heterocycles. The Morgan fingerprint density at radius 2 is 0.911 bits per heavy atom. The van der Waals surface area contributed by atoms with Crippen molar-refractivity contribution in [3.8, 4) is 39.1 Å². The minimum Gasteiger partial charge on any atom is -0.309 e. The van der Waals surface area contributed by atoms with Crippen LogP contribution in [0.3, 0.4) is 0 Å². The summed E-state index contributed by atoms with van der Waals surface area (Å²) in [4.78, 5) is 2.53. The Hall–Kier alpha value is -6.64. The van der Waals surface area contributed by atoms with Gasteiger partial charge in [-0.3, -0.25) is 0 Å². The number of rotatable bonds is 5. The topological polar surface area (TPSA) is 8.17 Å². The highest BCUT2D eigenvalue weighted by Gasteiger charge is 2.39. The molecule has 0 atom stereocenters. The van der Waals surface area contributed by atoms with Gasteiger partial charge in [-0.25, -0.2) is 0 Å². The third-order valence-electron chi connectivity index (χ3n) is 12.8. The zero-order valence-electron chi connectivity index (χ0n) is 32.2. The predicted molar refractivity (Wildman–Crippen MR) is 236 cm³/mol. The van der Waals surface area contributed by atoms with Crippen molar-refractivity contribution in [3.63, 3.8) is 0 Å². The number of hydrogen-bond acceptors (Lipinski definition) is 1. The molecular weight excluding hydrogens is 677 g/mol. The van der Waals surface area contributed by atoms with Crippen molar-refractivity contribution in [2.75, 3.05) is 4.90 Å². The van der Waals surface area contributed by atoms with Gasteiger partial charge < -0.3 is 9.47 Å². The van der Waals surface area contributed by atoms with Gasteiger partial charge in [0.15, 0.2) is 0 Å². The molecule has 1 heterocycles. The number of para-hydroxylation sites is 1. The molecule has 0 unspecified atom stereocenters. The third-order valence-corrected chi connectivity index (χ3v) is 12.8. The third kappa shape index (κ3) is 4.50. The molecule has 0 spiro atoms. The first-order chi connectivity index (χ1) is 27.3. The van der Waals surface area contributed by atoms with Gasteiger partial charge in [0.2, 0.25) is 0 Å². The Morgan fingerprint density at radius 3 is 1.64 bits per heavy atom. The lowest BCUT2D eigenvalue weighted by Crippen LogP contribution is -2.16. The summed E-state index contributed by atoms with van der Waals surface area (Å²) in [6, 6.07) is 67.4. The smallest absolute Gasteiger partial charge is 0.0562 e. The van der Waals surface area contributed by atoms with Crippen LogP contribution in [0.25, 0.3) is 60.9 Å². The van der Waals surface area contributed by atoms with Gasteiger partial charge >= 0.3 is 0 Å². The Labute approximate surface area is 328 Å². The number of fused-ring (bicyclic) bond motifs is 9. The van der Waals surface area contributed by atoms with Crippen LogP contribution in [0.5, 0.6) is 0 Å². The van der Waals surface area contributed by atoms with E-state index in [-0.39, 0.29) is 10.8 Å². The van der Waals surface area contributed by atoms with Crippen LogP contribution in [0.15, 0.2) is 182 Å². The van der Waals surface area contributed by atoms with Gasteiger partial charge in [0.25, 0.3) is 0 Å². The molecule has 2 nitrogen and oxygen atoms in total. The molecule has 0 amide bonds. The standard InChI is InChI=1S/C54H42N2/c1-53(2)41-22-11-8-19-38(41)50-43(53)24-14-27-46(50)55(37-33-31-36(32-34-37)35-17-6-5-7-18-35)48-29-16-30-49-52(48)40-21-10-13-26-45(40)56(49)47-28-15-25-44-51(47)39-20-9-12-23-42(39)54(44,3)4/h5-34H,1-4H3. The molecule has 9 aromatic rings. The normalized spacial score (nSPS) is 14.4. The van der Waals surface area contributed by atoms with Crippen LogP contribution in [-0.4, -0.2) is 4.57 Å². The van der Waals surface area contributed by atoms with Gasteiger partial charge in [-0.1, -0.05) is 167 Å². The lowest BCUT2D eigenvalue weighted by molar-refractivity contribution is 0.660. The van der Waals surface area contributed by atoms with Crippen LogP contribution in [-0.2, 0) is 10.8 Å². The second-order valence-corrected chi connectivity index (χ2v) is 16.5. The molecule has 2 heteroatoms. The summed E-state index contributed by atoms with van der Waals surface area (Å²) in [7, 11) is 0. The Kier molecular flexibility index (Phi) is 6.98. The van der Waals surface area contributed by atoms with Crippen molar-refractivity contribution < 1.29 is 0 Å². The van der Waals surface area contributed by atoms with Crippen LogP contribution in [0.1, 0.15) is 49.9 Å². The molecule has 0 radical (unpaired) electrons. The number of benzene rings is 8. The summed E-state index contributed by atoms with van der Waals surface area (Å²) < 4.78 is 2.52. The zero-order chi connectivity index (χ0) is 37.8. The van der Waals surface area contributed by atoms with Gasteiger partial charge in [-0.2, -0.15) is 0 Å². The maximum Gasteiger partial charge on any atom is 0.0562 e. The summed E-state index contributed by atoms with van der Waals surface area (Å²) in [5, 5.41) is 2.47. The Balaban J connectivity index is 1.21. The van der Waals surface area contributed by atoms with Crippen LogP contribution in [0.4, 0.5) is 17.1 Å². The maximum absolute atomic E-state index is 2.53. The second-order valence-electron chi connectivity index (χ2n) is 16.5. The van der Waals surface area contributed by atoms with Crippen LogP contribution < -0.4 is 4.90 Å². The molecule has 0 saturated carbocycles. The lowest BCUT2D eigenvalue weighted by Gasteiger charge is -2.29. The zero-order valence-corrected chi connectivity index (χ0v) is 32.2. The molecular formula is C54H42N2. The highest BCUT2D eigenvalue weighted by molar-refractivity contribution is 6.17. The summed E-state index contributed by atoms with van der Waals surface area (Å²) >= 11 is 0. The molecule has 8 aromatic carbocycles. The van der Waals surface area contributed by atoms with Crippen molar-refractivity contribution in [2.24, 2.45) is 0 Å². The number of anilines is 3. The average Bonchev–Trinajstić information content (AvgIpc) is 3.79. The van der Waals surface area contributed by atoms with Crippen LogP contribution >= 0.6 is 0 Å². The first kappa shape index (κ1) is 32.8.